The molecule has 5 heteroatoms. The predicted octanol–water partition coefficient (Wildman–Crippen LogP) is 1.47. The lowest BCUT2D eigenvalue weighted by atomic mass is 9.85. The number of likely N-dealkylation sites (tertiary alicyclic amines) is 1. The minimum absolute atomic E-state index is 0.0376. The highest BCUT2D eigenvalue weighted by Crippen LogP contribution is 2.42. The van der Waals surface area contributed by atoms with Crippen LogP contribution in [0.25, 0.3) is 0 Å². The van der Waals surface area contributed by atoms with Crippen molar-refractivity contribution in [2.45, 2.75) is 44.7 Å². The van der Waals surface area contributed by atoms with Crippen molar-refractivity contribution < 1.29 is 4.79 Å². The Morgan fingerprint density at radius 2 is 2.00 bits per heavy atom. The zero-order chi connectivity index (χ0) is 16.5. The molecule has 0 unspecified atom stereocenters. The van der Waals surface area contributed by atoms with Gasteiger partial charge in [0, 0.05) is 37.9 Å². The van der Waals surface area contributed by atoms with Crippen molar-refractivity contribution in [1.29, 1.82) is 0 Å². The van der Waals surface area contributed by atoms with E-state index in [4.69, 9.17) is 0 Å². The molecule has 3 aliphatic rings. The number of hydrogen-bond acceptors (Lipinski definition) is 3. The molecule has 130 valence electrons. The van der Waals surface area contributed by atoms with Crippen molar-refractivity contribution >= 4 is 5.91 Å². The van der Waals surface area contributed by atoms with E-state index < -0.39 is 0 Å². The number of carbonyl (C=O) groups is 1. The standard InChI is InChI=1S/C19H27N3O2/c23-18(13-22-9-2-1-6-19(22)24)20-17-12-21(10-14-4-3-5-14)11-16(17)15-7-8-15/h1-2,6,9,14-17H,3-5,7-8,10-13H2,(H,20,23)/t16-,17+/m0/s1. The Morgan fingerprint density at radius 1 is 1.17 bits per heavy atom. The largest absolute Gasteiger partial charge is 0.350 e. The number of carbonyl (C=O) groups excluding carboxylic acids is 1. The Kier molecular flexibility index (Phi) is 4.44. The molecule has 2 saturated carbocycles. The number of pyridine rings is 1. The molecular weight excluding hydrogens is 302 g/mol. The number of amides is 1. The molecule has 0 spiro atoms. The van der Waals surface area contributed by atoms with E-state index in [-0.39, 0.29) is 24.1 Å². The van der Waals surface area contributed by atoms with E-state index in [2.05, 4.69) is 10.2 Å². The van der Waals surface area contributed by atoms with Crippen LogP contribution in [0, 0.1) is 17.8 Å². The molecule has 2 atom stereocenters. The van der Waals surface area contributed by atoms with Crippen molar-refractivity contribution in [3.8, 4) is 0 Å². The number of hydrogen-bond donors (Lipinski definition) is 1. The van der Waals surface area contributed by atoms with Crippen LogP contribution in [0.15, 0.2) is 29.2 Å². The van der Waals surface area contributed by atoms with Crippen molar-refractivity contribution in [3.63, 3.8) is 0 Å². The van der Waals surface area contributed by atoms with Crippen LogP contribution in [0.1, 0.15) is 32.1 Å². The molecule has 24 heavy (non-hydrogen) atoms. The molecule has 0 aromatic carbocycles. The van der Waals surface area contributed by atoms with Gasteiger partial charge in [-0.05, 0) is 49.5 Å². The van der Waals surface area contributed by atoms with E-state index in [1.54, 1.807) is 18.3 Å². The van der Waals surface area contributed by atoms with Crippen molar-refractivity contribution in [1.82, 2.24) is 14.8 Å². The molecule has 1 aliphatic heterocycles. The lowest BCUT2D eigenvalue weighted by Gasteiger charge is -2.30. The fourth-order valence-electron chi connectivity index (χ4n) is 4.26. The summed E-state index contributed by atoms with van der Waals surface area (Å²) in [7, 11) is 0. The van der Waals surface area contributed by atoms with Gasteiger partial charge < -0.3 is 14.8 Å². The van der Waals surface area contributed by atoms with Gasteiger partial charge in [0.2, 0.25) is 5.91 Å². The Hall–Kier alpha value is -1.62. The number of nitrogens with one attached hydrogen (secondary N) is 1. The summed E-state index contributed by atoms with van der Waals surface area (Å²) in [4.78, 5) is 26.7. The van der Waals surface area contributed by atoms with Gasteiger partial charge in [-0.3, -0.25) is 9.59 Å². The molecule has 1 amide bonds. The molecule has 5 nitrogen and oxygen atoms in total. The highest BCUT2D eigenvalue weighted by molar-refractivity contribution is 5.76. The maximum atomic E-state index is 12.4. The van der Waals surface area contributed by atoms with Crippen molar-refractivity contribution in [2.24, 2.45) is 17.8 Å². The first-order chi connectivity index (χ1) is 11.7. The van der Waals surface area contributed by atoms with E-state index >= 15 is 0 Å². The molecule has 0 radical (unpaired) electrons. The lowest BCUT2D eigenvalue weighted by Crippen LogP contribution is -2.43. The fourth-order valence-corrected chi connectivity index (χ4v) is 4.26. The van der Waals surface area contributed by atoms with E-state index in [1.165, 1.54) is 49.3 Å². The first kappa shape index (κ1) is 15.9. The zero-order valence-electron chi connectivity index (χ0n) is 14.2. The summed E-state index contributed by atoms with van der Waals surface area (Å²) in [5.41, 5.74) is -0.121. The Balaban J connectivity index is 1.35. The Labute approximate surface area is 143 Å². The molecule has 3 fully saturated rings. The summed E-state index contributed by atoms with van der Waals surface area (Å²) < 4.78 is 1.47. The van der Waals surface area contributed by atoms with Crippen LogP contribution in [0.4, 0.5) is 0 Å². The number of aromatic nitrogens is 1. The minimum Gasteiger partial charge on any atom is -0.350 e. The summed E-state index contributed by atoms with van der Waals surface area (Å²) in [6.45, 7) is 3.44. The van der Waals surface area contributed by atoms with Gasteiger partial charge in [0.05, 0.1) is 0 Å². The summed E-state index contributed by atoms with van der Waals surface area (Å²) in [5.74, 6) is 2.23. The first-order valence-electron chi connectivity index (χ1n) is 9.36. The van der Waals surface area contributed by atoms with Gasteiger partial charge in [0.25, 0.3) is 5.56 Å². The second-order valence-corrected chi connectivity index (χ2v) is 7.86. The average molecular weight is 329 g/mol. The monoisotopic (exact) mass is 329 g/mol. The smallest absolute Gasteiger partial charge is 0.250 e. The van der Waals surface area contributed by atoms with E-state index in [0.717, 1.165) is 24.9 Å². The molecule has 2 heterocycles. The SMILES string of the molecule is O=C(Cn1ccccc1=O)N[C@@H]1CN(CC2CCC2)C[C@H]1C1CC1. The van der Waals surface area contributed by atoms with Gasteiger partial charge >= 0.3 is 0 Å². The minimum atomic E-state index is -0.121. The number of rotatable bonds is 6. The summed E-state index contributed by atoms with van der Waals surface area (Å²) in [6.07, 6.45) is 8.43. The van der Waals surface area contributed by atoms with Gasteiger partial charge in [-0.15, -0.1) is 0 Å². The highest BCUT2D eigenvalue weighted by Gasteiger charge is 2.43. The Morgan fingerprint density at radius 3 is 2.67 bits per heavy atom. The van der Waals surface area contributed by atoms with Crippen molar-refractivity contribution in [2.75, 3.05) is 19.6 Å². The molecule has 1 aromatic rings. The summed E-state index contributed by atoms with van der Waals surface area (Å²) >= 11 is 0. The maximum Gasteiger partial charge on any atom is 0.250 e. The van der Waals surface area contributed by atoms with Crippen LogP contribution in [0.2, 0.25) is 0 Å². The molecule has 0 bridgehead atoms. The van der Waals surface area contributed by atoms with Gasteiger partial charge in [-0.1, -0.05) is 12.5 Å². The Bertz CT molecular complexity index is 648. The molecular formula is C19H27N3O2. The van der Waals surface area contributed by atoms with Gasteiger partial charge in [0.15, 0.2) is 0 Å². The van der Waals surface area contributed by atoms with Crippen LogP contribution in [0.3, 0.4) is 0 Å². The van der Waals surface area contributed by atoms with E-state index in [0.29, 0.717) is 5.92 Å². The van der Waals surface area contributed by atoms with E-state index in [9.17, 15) is 9.59 Å². The third-order valence-electron chi connectivity index (χ3n) is 5.97. The first-order valence-corrected chi connectivity index (χ1v) is 9.36. The normalized spacial score (nSPS) is 27.8. The molecule has 1 saturated heterocycles. The molecule has 4 rings (SSSR count). The number of nitrogens with zero attached hydrogens (tertiary/aromatic N) is 2. The molecule has 1 aromatic heterocycles. The average Bonchev–Trinajstić information content (AvgIpc) is 3.28. The maximum absolute atomic E-state index is 12.4. The van der Waals surface area contributed by atoms with E-state index in [1.807, 2.05) is 0 Å². The quantitative estimate of drug-likeness (QED) is 0.860. The topological polar surface area (TPSA) is 54.3 Å². The zero-order valence-corrected chi connectivity index (χ0v) is 14.2. The summed E-state index contributed by atoms with van der Waals surface area (Å²) in [5, 5.41) is 3.22. The van der Waals surface area contributed by atoms with Crippen LogP contribution in [0.5, 0.6) is 0 Å². The van der Waals surface area contributed by atoms with Gasteiger partial charge in [-0.2, -0.15) is 0 Å². The van der Waals surface area contributed by atoms with Crippen LogP contribution in [-0.4, -0.2) is 41.1 Å². The van der Waals surface area contributed by atoms with Crippen molar-refractivity contribution in [3.05, 3.63) is 34.7 Å². The summed E-state index contributed by atoms with van der Waals surface area (Å²) in [6, 6.07) is 5.24. The third kappa shape index (κ3) is 3.56. The second-order valence-electron chi connectivity index (χ2n) is 7.86. The highest BCUT2D eigenvalue weighted by atomic mass is 16.2. The van der Waals surface area contributed by atoms with Crippen LogP contribution < -0.4 is 10.9 Å². The third-order valence-corrected chi connectivity index (χ3v) is 5.97. The van der Waals surface area contributed by atoms with Gasteiger partial charge in [0.1, 0.15) is 6.54 Å². The van der Waals surface area contributed by atoms with Gasteiger partial charge in [-0.25, -0.2) is 0 Å². The van der Waals surface area contributed by atoms with Crippen LogP contribution >= 0.6 is 0 Å². The van der Waals surface area contributed by atoms with Crippen LogP contribution in [-0.2, 0) is 11.3 Å². The molecule has 1 N–H and O–H groups in total. The second kappa shape index (κ2) is 6.71. The predicted molar refractivity (Wildman–Crippen MR) is 92.6 cm³/mol. The lowest BCUT2D eigenvalue weighted by molar-refractivity contribution is -0.122. The molecule has 2 aliphatic carbocycles. The fraction of sp³-hybridized carbons (Fsp3) is 0.684.